The Kier molecular flexibility index (Phi) is 5.41. The van der Waals surface area contributed by atoms with Gasteiger partial charge in [-0.15, -0.1) is 0 Å². The summed E-state index contributed by atoms with van der Waals surface area (Å²) in [6.45, 7) is 0. The summed E-state index contributed by atoms with van der Waals surface area (Å²) in [6.07, 6.45) is 0. The van der Waals surface area contributed by atoms with Crippen LogP contribution in [-0.4, -0.2) is 17.2 Å². The van der Waals surface area contributed by atoms with E-state index < -0.39 is 14.4 Å². The van der Waals surface area contributed by atoms with E-state index in [4.69, 9.17) is 0 Å². The first-order valence-corrected chi connectivity index (χ1v) is 11.0. The van der Waals surface area contributed by atoms with Crippen molar-refractivity contribution >= 4 is 41.1 Å². The van der Waals surface area contributed by atoms with Gasteiger partial charge in [0, 0.05) is 0 Å². The summed E-state index contributed by atoms with van der Waals surface area (Å²) in [5.74, 6) is 0. The second kappa shape index (κ2) is 8.12. The molecule has 4 rings (SSSR count). The van der Waals surface area contributed by atoms with Gasteiger partial charge < -0.3 is 10.0 Å². The Hall–Kier alpha value is -2.71. The van der Waals surface area contributed by atoms with Crippen molar-refractivity contribution in [1.82, 2.24) is 0 Å². The Balaban J connectivity index is 2.07. The van der Waals surface area contributed by atoms with Crippen LogP contribution in [0.15, 0.2) is 115 Å². The molecule has 4 heteroatoms. The average Bonchev–Trinajstić information content (AvgIpc) is 2.77. The standard InChI is InChI=1S/C24H21BO2P/c26-25(27)20-16-18-24(19-17-20)28(21-10-4-1-5-11-21,22-12-6-2-7-13-22)23-14-8-3-9-15-23/h1-19,26-27H/q+1. The Morgan fingerprint density at radius 2 is 0.750 bits per heavy atom. The SMILES string of the molecule is OB(O)c1ccc([P+](c2ccccc2)(c2ccccc2)c2ccccc2)cc1. The maximum absolute atomic E-state index is 9.53. The maximum Gasteiger partial charge on any atom is 0.488 e. The van der Waals surface area contributed by atoms with E-state index in [0.29, 0.717) is 5.46 Å². The van der Waals surface area contributed by atoms with Gasteiger partial charge in [-0.2, -0.15) is 0 Å². The van der Waals surface area contributed by atoms with E-state index in [-0.39, 0.29) is 0 Å². The number of benzene rings is 4. The fraction of sp³-hybridized carbons (Fsp3) is 0. The fourth-order valence-corrected chi connectivity index (χ4v) is 7.96. The van der Waals surface area contributed by atoms with Gasteiger partial charge in [-0.3, -0.25) is 0 Å². The van der Waals surface area contributed by atoms with E-state index >= 15 is 0 Å². The molecule has 0 aliphatic carbocycles. The van der Waals surface area contributed by atoms with Crippen LogP contribution in [-0.2, 0) is 0 Å². The molecule has 0 bridgehead atoms. The first kappa shape index (κ1) is 18.6. The Morgan fingerprint density at radius 3 is 1.07 bits per heavy atom. The predicted molar refractivity (Wildman–Crippen MR) is 121 cm³/mol. The Bertz CT molecular complexity index is 924. The molecule has 0 amide bonds. The van der Waals surface area contributed by atoms with Gasteiger partial charge in [0.1, 0.15) is 28.5 Å². The lowest BCUT2D eigenvalue weighted by Crippen LogP contribution is -2.39. The van der Waals surface area contributed by atoms with Gasteiger partial charge in [0.25, 0.3) is 0 Å². The molecule has 0 aliphatic rings. The molecule has 0 atom stereocenters. The van der Waals surface area contributed by atoms with E-state index in [2.05, 4.69) is 72.8 Å². The molecule has 0 saturated carbocycles. The second-order valence-electron chi connectivity index (χ2n) is 6.64. The highest BCUT2D eigenvalue weighted by molar-refractivity contribution is 8.01. The molecule has 0 radical (unpaired) electrons. The molecule has 4 aromatic carbocycles. The minimum Gasteiger partial charge on any atom is -0.423 e. The smallest absolute Gasteiger partial charge is 0.423 e. The largest absolute Gasteiger partial charge is 0.488 e. The fourth-order valence-electron chi connectivity index (χ4n) is 3.72. The van der Waals surface area contributed by atoms with Gasteiger partial charge in [0.2, 0.25) is 0 Å². The molecule has 0 fully saturated rings. The van der Waals surface area contributed by atoms with Gasteiger partial charge in [-0.25, -0.2) is 0 Å². The van der Waals surface area contributed by atoms with E-state index in [1.807, 2.05) is 42.5 Å². The number of rotatable bonds is 5. The average molecular weight is 383 g/mol. The van der Waals surface area contributed by atoms with Crippen LogP contribution in [0.3, 0.4) is 0 Å². The van der Waals surface area contributed by atoms with Crippen LogP contribution in [0, 0.1) is 0 Å². The van der Waals surface area contributed by atoms with Gasteiger partial charge >= 0.3 is 7.12 Å². The zero-order valence-corrected chi connectivity index (χ0v) is 16.3. The molecular formula is C24H21BO2P+. The van der Waals surface area contributed by atoms with Crippen molar-refractivity contribution in [2.45, 2.75) is 0 Å². The highest BCUT2D eigenvalue weighted by atomic mass is 31.2. The third kappa shape index (κ3) is 3.29. The lowest BCUT2D eigenvalue weighted by molar-refractivity contribution is 0.426. The van der Waals surface area contributed by atoms with Gasteiger partial charge in [0.15, 0.2) is 0 Å². The molecule has 4 aromatic rings. The van der Waals surface area contributed by atoms with Crippen molar-refractivity contribution in [3.63, 3.8) is 0 Å². The lowest BCUT2D eigenvalue weighted by Gasteiger charge is -2.27. The minimum absolute atomic E-state index is 0.496. The molecule has 28 heavy (non-hydrogen) atoms. The summed E-state index contributed by atoms with van der Waals surface area (Å²) in [4.78, 5) is 0. The van der Waals surface area contributed by atoms with Gasteiger partial charge in [-0.05, 0) is 54.0 Å². The Morgan fingerprint density at radius 1 is 0.429 bits per heavy atom. The number of hydrogen-bond donors (Lipinski definition) is 2. The van der Waals surface area contributed by atoms with Crippen molar-refractivity contribution in [2.24, 2.45) is 0 Å². The van der Waals surface area contributed by atoms with Gasteiger partial charge in [-0.1, -0.05) is 66.7 Å². The molecule has 0 saturated heterocycles. The normalized spacial score (nSPS) is 11.2. The summed E-state index contributed by atoms with van der Waals surface area (Å²) < 4.78 is 0. The summed E-state index contributed by atoms with van der Waals surface area (Å²) >= 11 is 0. The minimum atomic E-state index is -2.12. The van der Waals surface area contributed by atoms with E-state index in [0.717, 1.165) is 0 Å². The third-order valence-electron chi connectivity index (χ3n) is 5.01. The Labute approximate surface area is 166 Å². The third-order valence-corrected chi connectivity index (χ3v) is 9.30. The lowest BCUT2D eigenvalue weighted by atomic mass is 9.81. The van der Waals surface area contributed by atoms with Crippen molar-refractivity contribution in [3.05, 3.63) is 115 Å². The monoisotopic (exact) mass is 383 g/mol. The van der Waals surface area contributed by atoms with Crippen LogP contribution in [0.1, 0.15) is 0 Å². The van der Waals surface area contributed by atoms with Crippen molar-refractivity contribution < 1.29 is 10.0 Å². The second-order valence-corrected chi connectivity index (χ2v) is 10.0. The van der Waals surface area contributed by atoms with Crippen molar-refractivity contribution in [3.8, 4) is 0 Å². The van der Waals surface area contributed by atoms with E-state index in [9.17, 15) is 10.0 Å². The first-order chi connectivity index (χ1) is 13.7. The summed E-state index contributed by atoms with van der Waals surface area (Å²) in [5, 5.41) is 24.1. The first-order valence-electron chi connectivity index (χ1n) is 9.25. The van der Waals surface area contributed by atoms with Crippen LogP contribution < -0.4 is 26.7 Å². The predicted octanol–water partition coefficient (Wildman–Crippen LogP) is 1.99. The van der Waals surface area contributed by atoms with E-state index in [1.54, 1.807) is 0 Å². The molecule has 0 unspecified atom stereocenters. The quantitative estimate of drug-likeness (QED) is 0.409. The number of hydrogen-bond acceptors (Lipinski definition) is 2. The molecule has 136 valence electrons. The van der Waals surface area contributed by atoms with Gasteiger partial charge in [0.05, 0.1) is 0 Å². The molecular weight excluding hydrogens is 362 g/mol. The maximum atomic E-state index is 9.53. The summed E-state index contributed by atoms with van der Waals surface area (Å²) in [6, 6.07) is 39.5. The highest BCUT2D eigenvalue weighted by Gasteiger charge is 2.47. The van der Waals surface area contributed by atoms with Crippen molar-refractivity contribution in [1.29, 1.82) is 0 Å². The van der Waals surface area contributed by atoms with Crippen LogP contribution >= 0.6 is 7.26 Å². The molecule has 0 aromatic heterocycles. The molecule has 2 nitrogen and oxygen atoms in total. The van der Waals surface area contributed by atoms with Crippen LogP contribution in [0.4, 0.5) is 0 Å². The zero-order chi connectivity index (χ0) is 19.4. The van der Waals surface area contributed by atoms with Crippen LogP contribution in [0.25, 0.3) is 0 Å². The van der Waals surface area contributed by atoms with Crippen LogP contribution in [0.5, 0.6) is 0 Å². The van der Waals surface area contributed by atoms with E-state index in [1.165, 1.54) is 21.2 Å². The summed E-state index contributed by atoms with van der Waals surface area (Å²) in [7, 11) is -3.58. The topological polar surface area (TPSA) is 40.5 Å². The molecule has 0 heterocycles. The van der Waals surface area contributed by atoms with Crippen molar-refractivity contribution in [2.75, 3.05) is 0 Å². The molecule has 0 spiro atoms. The molecule has 0 aliphatic heterocycles. The zero-order valence-electron chi connectivity index (χ0n) is 15.4. The molecule has 2 N–H and O–H groups in total. The summed E-state index contributed by atoms with van der Waals surface area (Å²) in [5.41, 5.74) is 0.496. The van der Waals surface area contributed by atoms with Crippen LogP contribution in [0.2, 0.25) is 0 Å². The highest BCUT2D eigenvalue weighted by Crippen LogP contribution is 2.53.